The van der Waals surface area contributed by atoms with Crippen LogP contribution in [0.4, 0.5) is 0 Å². The molecule has 0 spiro atoms. The Morgan fingerprint density at radius 1 is 1.19 bits per heavy atom. The normalized spacial score (nSPS) is 13.7. The van der Waals surface area contributed by atoms with E-state index in [2.05, 4.69) is 0 Å². The molecule has 5 nitrogen and oxygen atoms in total. The topological polar surface area (TPSA) is 51.9 Å². The van der Waals surface area contributed by atoms with Crippen molar-refractivity contribution in [2.75, 3.05) is 20.2 Å². The third-order valence-corrected chi connectivity index (χ3v) is 3.45. The van der Waals surface area contributed by atoms with E-state index in [4.69, 9.17) is 13.9 Å². The summed E-state index contributed by atoms with van der Waals surface area (Å²) >= 11 is 0. The quantitative estimate of drug-likeness (QED) is 0.848. The second kappa shape index (κ2) is 5.91. The highest BCUT2D eigenvalue weighted by Crippen LogP contribution is 2.27. The lowest BCUT2D eigenvalue weighted by Gasteiger charge is -2.29. The smallest absolute Gasteiger partial charge is 0.289 e. The zero-order valence-corrected chi connectivity index (χ0v) is 11.9. The number of hydrogen-bond donors (Lipinski definition) is 0. The van der Waals surface area contributed by atoms with Gasteiger partial charge in [-0.05, 0) is 30.7 Å². The van der Waals surface area contributed by atoms with Crippen LogP contribution in [-0.2, 0) is 6.61 Å². The van der Waals surface area contributed by atoms with Gasteiger partial charge in [0.05, 0.1) is 7.11 Å². The first-order valence-electron chi connectivity index (χ1n) is 6.92. The van der Waals surface area contributed by atoms with Crippen molar-refractivity contribution in [1.82, 2.24) is 4.90 Å². The van der Waals surface area contributed by atoms with Crippen molar-refractivity contribution in [2.24, 2.45) is 0 Å². The van der Waals surface area contributed by atoms with Crippen LogP contribution in [0.2, 0.25) is 0 Å². The minimum atomic E-state index is -0.0511. The van der Waals surface area contributed by atoms with Crippen LogP contribution < -0.4 is 9.47 Å². The fraction of sp³-hybridized carbons (Fsp3) is 0.312. The van der Waals surface area contributed by atoms with Crippen LogP contribution in [0.25, 0.3) is 0 Å². The molecule has 1 fully saturated rings. The molecule has 0 saturated carbocycles. The fourth-order valence-corrected chi connectivity index (χ4v) is 2.13. The minimum Gasteiger partial charge on any atom is -0.493 e. The summed E-state index contributed by atoms with van der Waals surface area (Å²) in [6.07, 6.45) is 1.07. The van der Waals surface area contributed by atoms with E-state index < -0.39 is 0 Å². The molecule has 21 heavy (non-hydrogen) atoms. The van der Waals surface area contributed by atoms with Gasteiger partial charge in [0.25, 0.3) is 5.91 Å². The Morgan fingerprint density at radius 2 is 1.95 bits per heavy atom. The molecule has 0 N–H and O–H groups in total. The van der Waals surface area contributed by atoms with Crippen LogP contribution in [0.15, 0.2) is 40.8 Å². The number of carbonyl (C=O) groups excluding carboxylic acids is 1. The first-order valence-corrected chi connectivity index (χ1v) is 6.92. The molecular weight excluding hydrogens is 270 g/mol. The Hall–Kier alpha value is -2.43. The molecule has 2 aromatic rings. The monoisotopic (exact) mass is 287 g/mol. The van der Waals surface area contributed by atoms with Crippen LogP contribution in [0, 0.1) is 0 Å². The molecule has 1 amide bonds. The van der Waals surface area contributed by atoms with Gasteiger partial charge in [-0.3, -0.25) is 4.79 Å². The Bertz CT molecular complexity index is 631. The van der Waals surface area contributed by atoms with E-state index in [1.165, 1.54) is 0 Å². The Kier molecular flexibility index (Phi) is 3.81. The highest BCUT2D eigenvalue weighted by atomic mass is 16.5. The highest BCUT2D eigenvalue weighted by molar-refractivity contribution is 5.92. The number of methoxy groups -OCH3 is 1. The van der Waals surface area contributed by atoms with E-state index in [1.807, 2.05) is 24.3 Å². The summed E-state index contributed by atoms with van der Waals surface area (Å²) in [6, 6.07) is 10.9. The molecule has 3 rings (SSSR count). The Labute approximate surface area is 123 Å². The molecule has 2 heterocycles. The number of amides is 1. The standard InChI is InChI=1S/C16H17NO4/c1-19-13-5-2-3-6-14(13)20-11-12-7-8-15(21-12)16(18)17-9-4-10-17/h2-3,5-8H,4,9-11H2,1H3. The first kappa shape index (κ1) is 13.5. The molecule has 0 bridgehead atoms. The molecule has 1 saturated heterocycles. The zero-order valence-electron chi connectivity index (χ0n) is 11.9. The van der Waals surface area contributed by atoms with E-state index in [9.17, 15) is 4.79 Å². The maximum Gasteiger partial charge on any atom is 0.289 e. The van der Waals surface area contributed by atoms with Crippen molar-refractivity contribution in [2.45, 2.75) is 13.0 Å². The number of para-hydroxylation sites is 2. The summed E-state index contributed by atoms with van der Waals surface area (Å²) in [4.78, 5) is 13.8. The van der Waals surface area contributed by atoms with Crippen molar-refractivity contribution >= 4 is 5.91 Å². The van der Waals surface area contributed by atoms with Crippen molar-refractivity contribution in [1.29, 1.82) is 0 Å². The predicted octanol–water partition coefficient (Wildman–Crippen LogP) is 2.71. The van der Waals surface area contributed by atoms with E-state index in [0.29, 0.717) is 23.0 Å². The van der Waals surface area contributed by atoms with E-state index >= 15 is 0 Å². The number of carbonyl (C=O) groups is 1. The SMILES string of the molecule is COc1ccccc1OCc1ccc(C(=O)N2CCC2)o1. The summed E-state index contributed by atoms with van der Waals surface area (Å²) in [5, 5.41) is 0. The van der Waals surface area contributed by atoms with Gasteiger partial charge in [0.15, 0.2) is 17.3 Å². The Balaban J connectivity index is 1.63. The van der Waals surface area contributed by atoms with E-state index in [-0.39, 0.29) is 12.5 Å². The molecule has 1 aromatic heterocycles. The lowest BCUT2D eigenvalue weighted by atomic mass is 10.2. The van der Waals surface area contributed by atoms with Gasteiger partial charge in [0.1, 0.15) is 12.4 Å². The summed E-state index contributed by atoms with van der Waals surface area (Å²) in [6.45, 7) is 1.88. The molecule has 1 aliphatic heterocycles. The highest BCUT2D eigenvalue weighted by Gasteiger charge is 2.24. The number of hydrogen-bond acceptors (Lipinski definition) is 4. The third-order valence-electron chi connectivity index (χ3n) is 3.45. The van der Waals surface area contributed by atoms with E-state index in [0.717, 1.165) is 19.5 Å². The lowest BCUT2D eigenvalue weighted by Crippen LogP contribution is -2.41. The number of rotatable bonds is 5. The van der Waals surface area contributed by atoms with Gasteiger partial charge in [-0.25, -0.2) is 0 Å². The van der Waals surface area contributed by atoms with Crippen LogP contribution in [0.5, 0.6) is 11.5 Å². The zero-order chi connectivity index (χ0) is 14.7. The molecule has 0 aliphatic carbocycles. The maximum absolute atomic E-state index is 12.0. The summed E-state index contributed by atoms with van der Waals surface area (Å²) in [5.74, 6) is 2.25. The van der Waals surface area contributed by atoms with Gasteiger partial charge < -0.3 is 18.8 Å². The van der Waals surface area contributed by atoms with Gasteiger partial charge in [0, 0.05) is 13.1 Å². The molecule has 1 aliphatic rings. The molecular formula is C16H17NO4. The van der Waals surface area contributed by atoms with Gasteiger partial charge >= 0.3 is 0 Å². The average molecular weight is 287 g/mol. The molecule has 0 unspecified atom stereocenters. The summed E-state index contributed by atoms with van der Waals surface area (Å²) in [7, 11) is 1.60. The van der Waals surface area contributed by atoms with Gasteiger partial charge in [-0.2, -0.15) is 0 Å². The Morgan fingerprint density at radius 3 is 2.62 bits per heavy atom. The average Bonchev–Trinajstić information content (AvgIpc) is 2.92. The van der Waals surface area contributed by atoms with Crippen molar-refractivity contribution in [3.05, 3.63) is 47.9 Å². The number of furan rings is 1. The minimum absolute atomic E-state index is 0.0511. The molecule has 0 radical (unpaired) electrons. The number of nitrogens with zero attached hydrogens (tertiary/aromatic N) is 1. The van der Waals surface area contributed by atoms with Crippen LogP contribution >= 0.6 is 0 Å². The van der Waals surface area contributed by atoms with Crippen molar-refractivity contribution in [3.63, 3.8) is 0 Å². The van der Waals surface area contributed by atoms with Crippen molar-refractivity contribution in [3.8, 4) is 11.5 Å². The summed E-state index contributed by atoms with van der Waals surface area (Å²) < 4.78 is 16.4. The second-order valence-corrected chi connectivity index (χ2v) is 4.85. The van der Waals surface area contributed by atoms with E-state index in [1.54, 1.807) is 24.1 Å². The summed E-state index contributed by atoms with van der Waals surface area (Å²) in [5.41, 5.74) is 0. The maximum atomic E-state index is 12.0. The van der Waals surface area contributed by atoms with Gasteiger partial charge in [0.2, 0.25) is 0 Å². The molecule has 5 heteroatoms. The number of likely N-dealkylation sites (tertiary alicyclic amines) is 1. The second-order valence-electron chi connectivity index (χ2n) is 4.85. The number of ether oxygens (including phenoxy) is 2. The van der Waals surface area contributed by atoms with Crippen LogP contribution in [-0.4, -0.2) is 31.0 Å². The molecule has 110 valence electrons. The van der Waals surface area contributed by atoms with Gasteiger partial charge in [-0.1, -0.05) is 12.1 Å². The lowest BCUT2D eigenvalue weighted by molar-refractivity contribution is 0.0615. The largest absolute Gasteiger partial charge is 0.493 e. The first-order chi connectivity index (χ1) is 10.3. The van der Waals surface area contributed by atoms with Gasteiger partial charge in [-0.15, -0.1) is 0 Å². The van der Waals surface area contributed by atoms with Crippen molar-refractivity contribution < 1.29 is 18.7 Å². The number of benzene rings is 1. The third kappa shape index (κ3) is 2.86. The fourth-order valence-electron chi connectivity index (χ4n) is 2.13. The molecule has 0 atom stereocenters. The predicted molar refractivity (Wildman–Crippen MR) is 76.6 cm³/mol. The van der Waals surface area contributed by atoms with Crippen LogP contribution in [0.3, 0.4) is 0 Å². The molecule has 1 aromatic carbocycles. The van der Waals surface area contributed by atoms with Crippen LogP contribution in [0.1, 0.15) is 22.7 Å².